The van der Waals surface area contributed by atoms with Gasteiger partial charge in [-0.05, 0) is 236 Å². The Labute approximate surface area is 824 Å². The van der Waals surface area contributed by atoms with Crippen molar-refractivity contribution in [3.63, 3.8) is 0 Å². The molecular formula is C134H120N6. The fourth-order valence-electron chi connectivity index (χ4n) is 21.2. The average Bonchev–Trinajstić information content (AvgIpc) is 1.57. The summed E-state index contributed by atoms with van der Waals surface area (Å²) in [7, 11) is 0. The van der Waals surface area contributed by atoms with Crippen molar-refractivity contribution in [2.45, 2.75) is 129 Å². The molecule has 23 aromatic rings. The summed E-state index contributed by atoms with van der Waals surface area (Å²) in [6.45, 7) is 32.3. The first-order valence-electron chi connectivity index (χ1n) is 49.4. The number of hydrogen-bond donors (Lipinski definition) is 0. The predicted octanol–water partition coefficient (Wildman–Crippen LogP) is 36.3. The monoisotopic (exact) mass is 1810 g/mol. The van der Waals surface area contributed by atoms with Gasteiger partial charge in [-0.2, -0.15) is 0 Å². The fourth-order valence-corrected chi connectivity index (χ4v) is 21.2. The molecule has 6 nitrogen and oxygen atoms in total. The summed E-state index contributed by atoms with van der Waals surface area (Å²) in [4.78, 5) is 4.72. The molecule has 0 saturated carbocycles. The van der Waals surface area contributed by atoms with Crippen LogP contribution in [0.4, 0.5) is 34.1 Å². The van der Waals surface area contributed by atoms with E-state index in [-0.39, 0.29) is 32.5 Å². The highest BCUT2D eigenvalue weighted by molar-refractivity contribution is 6.14. The predicted molar refractivity (Wildman–Crippen MR) is 598 cm³/mol. The summed E-state index contributed by atoms with van der Waals surface area (Å²) >= 11 is 0. The maximum Gasteiger partial charge on any atom is 0.0542 e. The van der Waals surface area contributed by atoms with Crippen molar-refractivity contribution in [3.05, 3.63) is 529 Å². The van der Waals surface area contributed by atoms with Crippen LogP contribution in [0.15, 0.2) is 473 Å². The lowest BCUT2D eigenvalue weighted by atomic mass is 9.73. The van der Waals surface area contributed by atoms with E-state index < -0.39 is 0 Å². The van der Waals surface area contributed by atoms with Crippen molar-refractivity contribution < 1.29 is 0 Å². The molecule has 0 fully saturated rings. The summed E-state index contributed by atoms with van der Waals surface area (Å²) in [5, 5.41) is 10.0. The van der Waals surface area contributed by atoms with Gasteiger partial charge >= 0.3 is 0 Å². The third kappa shape index (κ3) is 16.8. The number of benzene rings is 19. The van der Waals surface area contributed by atoms with Gasteiger partial charge < -0.3 is 28.1 Å². The Balaban J connectivity index is 0.000000125. The van der Waals surface area contributed by atoms with E-state index in [4.69, 9.17) is 0 Å². The molecule has 686 valence electrons. The number of anilines is 6. The smallest absolute Gasteiger partial charge is 0.0542 e. The molecule has 0 radical (unpaired) electrons. The summed E-state index contributed by atoms with van der Waals surface area (Å²) < 4.78 is 9.72. The second-order valence-corrected chi connectivity index (χ2v) is 41.8. The molecule has 6 heteroatoms. The molecule has 140 heavy (non-hydrogen) atoms. The molecule has 4 heterocycles. The molecule has 0 amide bonds. The summed E-state index contributed by atoms with van der Waals surface area (Å²) in [6, 6.07) is 173. The third-order valence-corrected chi connectivity index (χ3v) is 29.6. The molecule has 0 aliphatic rings. The van der Waals surface area contributed by atoms with Gasteiger partial charge in [0.15, 0.2) is 0 Å². The number of hydrogen-bond acceptors (Lipinski definition) is 2. The summed E-state index contributed by atoms with van der Waals surface area (Å²) in [6.07, 6.45) is 0. The molecule has 0 unspecified atom stereocenters. The van der Waals surface area contributed by atoms with E-state index in [9.17, 15) is 0 Å². The SMILES string of the molecule is CC(C)(C)c1ccc(N(c2ccc(C(C)(C)C)cc2)c2ccc3c(c2)c2ccccc2n3-c2cccc(C(C)(C)c3ccccc3)c2)cc1.CC(C)(c1ccccc1)c1cc(-n2c3ccccc3c3cc(-n4c5ccccc5c5ccccc54)ccc32)cc(C(C)(C)c2ccccc2)c1.CC(C)(c1ccccc1)c1ccc(-n2c3ccccc3c3cc(N(c4ccccc4)c4ccccc4)ccc32)cc1. The van der Waals surface area contributed by atoms with Gasteiger partial charge in [0.2, 0.25) is 0 Å². The van der Waals surface area contributed by atoms with Crippen LogP contribution in [0.25, 0.3) is 110 Å². The van der Waals surface area contributed by atoms with E-state index in [1.807, 2.05) is 0 Å². The normalized spacial score (nSPS) is 12.2. The molecule has 0 aliphatic carbocycles. The van der Waals surface area contributed by atoms with Crippen LogP contribution in [0.5, 0.6) is 0 Å². The van der Waals surface area contributed by atoms with Crippen LogP contribution in [0.1, 0.15) is 153 Å². The Morgan fingerprint density at radius 3 is 0.721 bits per heavy atom. The average molecular weight is 1810 g/mol. The second-order valence-electron chi connectivity index (χ2n) is 41.8. The van der Waals surface area contributed by atoms with Gasteiger partial charge in [-0.1, -0.05) is 400 Å². The molecule has 0 spiro atoms. The first-order valence-corrected chi connectivity index (χ1v) is 49.4. The number of nitrogens with zero attached hydrogens (tertiary/aromatic N) is 6. The van der Waals surface area contributed by atoms with Crippen molar-refractivity contribution in [1.82, 2.24) is 18.3 Å². The zero-order chi connectivity index (χ0) is 96.4. The molecular weight excluding hydrogens is 1690 g/mol. The zero-order valence-corrected chi connectivity index (χ0v) is 82.7. The van der Waals surface area contributed by atoms with Crippen molar-refractivity contribution in [2.24, 2.45) is 0 Å². The first-order chi connectivity index (χ1) is 67.7. The van der Waals surface area contributed by atoms with E-state index in [0.29, 0.717) is 0 Å². The standard InChI is InChI=1S/C48H40N2.C47H48N2.C39H32N2/c1-47(2,33-17-7-5-8-18-33)35-29-36(48(3,4)34-19-9-6-10-20-34)31-38(30-35)50-45-26-16-13-23-41(45)42-32-37(27-28-46(42)50)49-43-24-14-11-21-39(43)40-22-12-15-25-44(40)49;1-45(2,3)33-21-25-37(26-22-33)48(38-27-23-34(24-28-38)46(4,5)6)40-29-30-44-42(32-40)41-19-12-13-20-43(41)49(44)39-18-14-17-36(31-39)47(7,8)35-15-10-9-11-16-35;1-39(2,29-14-6-3-7-15-29)30-22-24-33(25-23-30)41-37-21-13-12-20-35(37)36-28-34(26-27-38(36)41)40(31-16-8-4-9-17-31)32-18-10-5-11-19-32/h5-32H,1-4H3;9-32H,1-8H3;3-28H,1-2H3. The largest absolute Gasteiger partial charge is 0.310 e. The Kier molecular flexibility index (Phi) is 23.6. The van der Waals surface area contributed by atoms with Gasteiger partial charge in [0.25, 0.3) is 0 Å². The topological polar surface area (TPSA) is 26.2 Å². The Morgan fingerprint density at radius 2 is 0.364 bits per heavy atom. The van der Waals surface area contributed by atoms with Crippen molar-refractivity contribution in [3.8, 4) is 22.7 Å². The highest BCUT2D eigenvalue weighted by Crippen LogP contribution is 2.48. The molecule has 23 rings (SSSR count). The number of aromatic nitrogens is 4. The van der Waals surface area contributed by atoms with Crippen LogP contribution >= 0.6 is 0 Å². The van der Waals surface area contributed by atoms with Crippen LogP contribution in [0.3, 0.4) is 0 Å². The number of fused-ring (bicyclic) bond motifs is 12. The highest BCUT2D eigenvalue weighted by Gasteiger charge is 2.33. The minimum Gasteiger partial charge on any atom is -0.310 e. The quantitative estimate of drug-likeness (QED) is 0.0856. The van der Waals surface area contributed by atoms with E-state index >= 15 is 0 Å². The van der Waals surface area contributed by atoms with Crippen LogP contribution in [0, 0.1) is 0 Å². The lowest BCUT2D eigenvalue weighted by Crippen LogP contribution is -2.23. The fraction of sp³-hybridized carbons (Fsp3) is 0.149. The molecule has 19 aromatic carbocycles. The molecule has 0 atom stereocenters. The maximum absolute atomic E-state index is 2.48. The Bertz CT molecular complexity index is 8210. The lowest BCUT2D eigenvalue weighted by Gasteiger charge is -2.32. The molecule has 0 aliphatic heterocycles. The number of rotatable bonds is 18. The minimum absolute atomic E-state index is 0.0755. The lowest BCUT2D eigenvalue weighted by molar-refractivity contribution is 0.590. The van der Waals surface area contributed by atoms with Gasteiger partial charge in [-0.25, -0.2) is 0 Å². The van der Waals surface area contributed by atoms with Gasteiger partial charge in [-0.3, -0.25) is 0 Å². The van der Waals surface area contributed by atoms with Crippen LogP contribution in [-0.4, -0.2) is 18.3 Å². The van der Waals surface area contributed by atoms with Gasteiger partial charge in [-0.15, -0.1) is 0 Å². The van der Waals surface area contributed by atoms with Crippen LogP contribution in [-0.2, 0) is 32.5 Å². The Morgan fingerprint density at radius 1 is 0.136 bits per heavy atom. The van der Waals surface area contributed by atoms with Crippen LogP contribution < -0.4 is 9.80 Å². The minimum atomic E-state index is -0.207. The van der Waals surface area contributed by atoms with E-state index in [1.165, 1.54) is 166 Å². The molecule has 4 aromatic heterocycles. The van der Waals surface area contributed by atoms with Crippen molar-refractivity contribution in [2.75, 3.05) is 9.80 Å². The highest BCUT2D eigenvalue weighted by atomic mass is 15.2. The summed E-state index contributed by atoms with van der Waals surface area (Å²) in [5.74, 6) is 0. The molecule has 0 bridgehead atoms. The van der Waals surface area contributed by atoms with E-state index in [0.717, 1.165) is 34.1 Å². The third-order valence-electron chi connectivity index (χ3n) is 29.6. The Hall–Kier alpha value is -16.0. The van der Waals surface area contributed by atoms with E-state index in [2.05, 4.69) is 598 Å². The maximum atomic E-state index is 2.48. The molecule has 0 saturated heterocycles. The summed E-state index contributed by atoms with van der Waals surface area (Å²) in [5.41, 5.74) is 33.9. The molecule has 0 N–H and O–H groups in total. The van der Waals surface area contributed by atoms with E-state index in [1.54, 1.807) is 0 Å². The zero-order valence-electron chi connectivity index (χ0n) is 82.7. The van der Waals surface area contributed by atoms with Gasteiger partial charge in [0, 0.05) is 122 Å². The van der Waals surface area contributed by atoms with Crippen LogP contribution in [0.2, 0.25) is 0 Å². The number of para-hydroxylation sites is 7. The van der Waals surface area contributed by atoms with Gasteiger partial charge in [0.1, 0.15) is 0 Å². The van der Waals surface area contributed by atoms with Gasteiger partial charge in [0.05, 0.1) is 44.1 Å². The van der Waals surface area contributed by atoms with Crippen molar-refractivity contribution >= 4 is 121 Å². The first kappa shape index (κ1) is 90.5. The van der Waals surface area contributed by atoms with Crippen molar-refractivity contribution in [1.29, 1.82) is 0 Å². The second kappa shape index (κ2) is 36.5.